The predicted octanol–water partition coefficient (Wildman–Crippen LogP) is 6.64. The number of halogens is 6. The molecule has 2 N–H and O–H groups in total. The van der Waals surface area contributed by atoms with Crippen LogP contribution in [0.4, 0.5) is 37.2 Å². The molecule has 9 nitrogen and oxygen atoms in total. The molecule has 0 saturated carbocycles. The van der Waals surface area contributed by atoms with E-state index in [0.29, 0.717) is 13.0 Å². The molecule has 268 valence electrons. The SMILES string of the molecule is C=CC(=O)N1C[C@@H](F)[C@@H](N(CC)c2nc(OC[C@@]34CCCN3C[C@H](F)C4)nc3cc(-c4ccc(F)c5sc(N)c(C#N)c45)c(C(F)(F)F)cc23)C1. The highest BCUT2D eigenvalue weighted by molar-refractivity contribution is 7.23. The van der Waals surface area contributed by atoms with Crippen LogP contribution >= 0.6 is 11.3 Å². The molecule has 0 radical (unpaired) electrons. The summed E-state index contributed by atoms with van der Waals surface area (Å²) in [7, 11) is 0. The van der Waals surface area contributed by atoms with Gasteiger partial charge in [0.15, 0.2) is 0 Å². The van der Waals surface area contributed by atoms with Gasteiger partial charge in [0.2, 0.25) is 5.91 Å². The second kappa shape index (κ2) is 12.9. The van der Waals surface area contributed by atoms with Crippen LogP contribution in [0.5, 0.6) is 6.01 Å². The van der Waals surface area contributed by atoms with E-state index in [1.165, 1.54) is 15.9 Å². The Morgan fingerprint density at radius 2 is 2.02 bits per heavy atom. The van der Waals surface area contributed by atoms with Crippen LogP contribution in [0.15, 0.2) is 36.9 Å². The van der Waals surface area contributed by atoms with Crippen molar-refractivity contribution in [1.29, 1.82) is 5.26 Å². The molecule has 0 spiro atoms. The number of likely N-dealkylation sites (N-methyl/N-ethyl adjacent to an activating group) is 1. The van der Waals surface area contributed by atoms with Crippen LogP contribution < -0.4 is 15.4 Å². The predicted molar refractivity (Wildman–Crippen MR) is 181 cm³/mol. The Morgan fingerprint density at radius 3 is 2.73 bits per heavy atom. The zero-order valence-electron chi connectivity index (χ0n) is 27.4. The molecular formula is C35H33F6N7O2S. The van der Waals surface area contributed by atoms with Gasteiger partial charge in [-0.15, -0.1) is 11.3 Å². The standard InChI is InChI=1S/C35H33F6N7O2S/c1-3-28(49)46-15-25(38)27(16-46)48(4-2)32-21-10-23(35(39,40)41)20(19-6-7-24(37)30-29(19)22(13-42)31(43)51-30)11-26(21)44-33(45-32)50-17-34-8-5-9-47(34)14-18(36)12-34/h3,6-7,10-11,18,25,27H,1,4-5,8-9,12,14-17,43H2,2H3/t18-,25-,27+,34+/m1/s1. The summed E-state index contributed by atoms with van der Waals surface area (Å²) in [5, 5.41) is 9.67. The Balaban J connectivity index is 1.43. The number of amides is 1. The van der Waals surface area contributed by atoms with Crippen molar-refractivity contribution in [2.75, 3.05) is 50.0 Å². The van der Waals surface area contributed by atoms with E-state index in [1.807, 2.05) is 11.0 Å². The Kier molecular flexibility index (Phi) is 8.78. The summed E-state index contributed by atoms with van der Waals surface area (Å²) in [4.78, 5) is 26.3. The lowest BCUT2D eigenvalue weighted by atomic mass is 9.93. The number of aromatic nitrogens is 2. The van der Waals surface area contributed by atoms with Crippen molar-refractivity contribution in [3.05, 3.63) is 53.9 Å². The molecule has 5 heterocycles. The van der Waals surface area contributed by atoms with Gasteiger partial charge in [-0.3, -0.25) is 9.69 Å². The normalized spacial score (nSPS) is 23.6. The minimum atomic E-state index is -4.96. The quantitative estimate of drug-likeness (QED) is 0.159. The Labute approximate surface area is 292 Å². The number of rotatable bonds is 8. The molecule has 0 bridgehead atoms. The lowest BCUT2D eigenvalue weighted by Crippen LogP contribution is -2.44. The lowest BCUT2D eigenvalue weighted by molar-refractivity contribution is -0.137. The second-order valence-electron chi connectivity index (χ2n) is 13.2. The number of anilines is 2. The molecule has 3 aliphatic rings. The van der Waals surface area contributed by atoms with Crippen LogP contribution in [0.3, 0.4) is 0 Å². The lowest BCUT2D eigenvalue weighted by Gasteiger charge is -2.32. The van der Waals surface area contributed by atoms with Crippen molar-refractivity contribution in [1.82, 2.24) is 19.8 Å². The van der Waals surface area contributed by atoms with E-state index in [1.54, 1.807) is 6.92 Å². The van der Waals surface area contributed by atoms with Crippen LogP contribution in [0.25, 0.3) is 32.1 Å². The Hall–Kier alpha value is -4.62. The van der Waals surface area contributed by atoms with Gasteiger partial charge in [-0.05, 0) is 61.7 Å². The number of fused-ring (bicyclic) bond motifs is 3. The first kappa shape index (κ1) is 34.8. The summed E-state index contributed by atoms with van der Waals surface area (Å²) in [6.45, 7) is 5.91. The first-order chi connectivity index (χ1) is 24.3. The molecule has 2 aromatic carbocycles. The second-order valence-corrected chi connectivity index (χ2v) is 14.2. The number of hydrogen-bond donors (Lipinski definition) is 1. The maximum absolute atomic E-state index is 15.7. The van der Waals surface area contributed by atoms with Gasteiger partial charge in [-0.1, -0.05) is 12.6 Å². The number of thiophene rings is 1. The maximum atomic E-state index is 15.7. The van der Waals surface area contributed by atoms with E-state index in [-0.39, 0.29) is 88.2 Å². The van der Waals surface area contributed by atoms with Crippen molar-refractivity contribution in [2.24, 2.45) is 0 Å². The minimum absolute atomic E-state index is 0.00127. The third-order valence-corrected chi connectivity index (χ3v) is 11.3. The van der Waals surface area contributed by atoms with E-state index >= 15 is 17.6 Å². The number of nitrogens with two attached hydrogens (primary N) is 1. The molecule has 4 atom stereocenters. The van der Waals surface area contributed by atoms with Gasteiger partial charge < -0.3 is 20.3 Å². The molecular weight excluding hydrogens is 696 g/mol. The molecule has 7 rings (SSSR count). The number of nitriles is 1. The fraction of sp³-hybridized carbons (Fsp3) is 0.429. The molecule has 4 aromatic rings. The molecule has 16 heteroatoms. The number of ether oxygens (including phenoxy) is 1. The fourth-order valence-electron chi connectivity index (χ4n) is 7.94. The summed E-state index contributed by atoms with van der Waals surface area (Å²) in [5.41, 5.74) is 3.64. The average molecular weight is 730 g/mol. The van der Waals surface area contributed by atoms with Crippen LogP contribution in [0.2, 0.25) is 0 Å². The van der Waals surface area contributed by atoms with E-state index < -0.39 is 53.0 Å². The third-order valence-electron chi connectivity index (χ3n) is 10.3. The fourth-order valence-corrected chi connectivity index (χ4v) is 8.89. The highest BCUT2D eigenvalue weighted by Gasteiger charge is 2.49. The van der Waals surface area contributed by atoms with E-state index in [0.717, 1.165) is 42.0 Å². The average Bonchev–Trinajstić information content (AvgIpc) is 3.83. The molecule has 3 fully saturated rings. The van der Waals surface area contributed by atoms with Gasteiger partial charge in [-0.2, -0.15) is 28.4 Å². The van der Waals surface area contributed by atoms with Gasteiger partial charge in [0.25, 0.3) is 0 Å². The van der Waals surface area contributed by atoms with Crippen LogP contribution in [-0.2, 0) is 11.0 Å². The molecule has 2 aromatic heterocycles. The largest absolute Gasteiger partial charge is 0.461 e. The zero-order chi connectivity index (χ0) is 36.4. The van der Waals surface area contributed by atoms with Crippen molar-refractivity contribution in [3.8, 4) is 23.2 Å². The number of likely N-dealkylation sites (tertiary alicyclic amines) is 1. The van der Waals surface area contributed by atoms with Crippen LogP contribution in [0.1, 0.15) is 37.3 Å². The topological polar surface area (TPSA) is 112 Å². The van der Waals surface area contributed by atoms with Gasteiger partial charge in [0, 0.05) is 36.8 Å². The Morgan fingerprint density at radius 1 is 1.24 bits per heavy atom. The third kappa shape index (κ3) is 5.89. The molecule has 3 aliphatic heterocycles. The van der Waals surface area contributed by atoms with Gasteiger partial charge in [-0.25, -0.2) is 13.2 Å². The highest BCUT2D eigenvalue weighted by atomic mass is 32.1. The summed E-state index contributed by atoms with van der Waals surface area (Å²) in [6.07, 6.45) is -4.73. The molecule has 1 amide bonds. The van der Waals surface area contributed by atoms with E-state index in [4.69, 9.17) is 10.5 Å². The highest BCUT2D eigenvalue weighted by Crippen LogP contribution is 2.47. The van der Waals surface area contributed by atoms with E-state index in [2.05, 4.69) is 16.5 Å². The summed E-state index contributed by atoms with van der Waals surface area (Å²) >= 11 is 0.758. The van der Waals surface area contributed by atoms with Gasteiger partial charge in [0.1, 0.15) is 41.7 Å². The van der Waals surface area contributed by atoms with Crippen LogP contribution in [-0.4, -0.2) is 88.9 Å². The Bertz CT molecular complexity index is 2100. The molecule has 3 saturated heterocycles. The van der Waals surface area contributed by atoms with Crippen molar-refractivity contribution in [2.45, 2.75) is 56.3 Å². The van der Waals surface area contributed by atoms with Gasteiger partial charge >= 0.3 is 12.2 Å². The van der Waals surface area contributed by atoms with E-state index in [9.17, 15) is 18.8 Å². The van der Waals surface area contributed by atoms with Gasteiger partial charge in [0.05, 0.1) is 39.5 Å². The number of hydrogen-bond acceptors (Lipinski definition) is 9. The van der Waals surface area contributed by atoms with Crippen molar-refractivity contribution >= 4 is 49.1 Å². The smallest absolute Gasteiger partial charge is 0.417 e. The summed E-state index contributed by atoms with van der Waals surface area (Å²) < 4.78 is 96.3. The summed E-state index contributed by atoms with van der Waals surface area (Å²) in [6, 6.07) is 4.92. The first-order valence-corrected chi connectivity index (χ1v) is 17.3. The number of benzene rings is 2. The molecule has 51 heavy (non-hydrogen) atoms. The zero-order valence-corrected chi connectivity index (χ0v) is 28.3. The van der Waals surface area contributed by atoms with Crippen molar-refractivity contribution < 1.29 is 35.9 Å². The monoisotopic (exact) mass is 729 g/mol. The molecule has 0 unspecified atom stereocenters. The number of nitrogens with zero attached hydrogens (tertiary/aromatic N) is 6. The number of alkyl halides is 5. The molecule has 0 aliphatic carbocycles. The number of carbonyl (C=O) groups is 1. The maximum Gasteiger partial charge on any atom is 0.417 e. The minimum Gasteiger partial charge on any atom is -0.461 e. The van der Waals surface area contributed by atoms with Crippen LogP contribution in [0, 0.1) is 17.1 Å². The first-order valence-electron chi connectivity index (χ1n) is 16.5. The number of nitrogen functional groups attached to an aromatic ring is 1. The number of carbonyl (C=O) groups excluding carboxylic acids is 1. The summed E-state index contributed by atoms with van der Waals surface area (Å²) in [5.74, 6) is -1.28. The van der Waals surface area contributed by atoms with Crippen molar-refractivity contribution in [3.63, 3.8) is 0 Å².